The maximum Gasteiger partial charge on any atom is 0.261 e. The molecule has 1 aromatic rings. The molecular weight excluding hydrogens is 1310 g/mol. The topological polar surface area (TPSA) is 707 Å². The molecule has 75 heavy (non-hydrogen) atoms. The SMILES string of the molecule is CN.CN.CNC1N=C(Cl)NC(Cl)=N1.CNc1nc(Cl)nc(NC)n1.CS(=O)(=O)O.CS(=O)(=O)O.CS(=O)(=O)O.CS(=O)(=O)O.CS(=O)(=O)O.CS(=O)(=O)O.CS(=O)(=O)O.CS(=O)(=O)O.CS(=O)(=O)O.CS(=O)(=O)O. The van der Waals surface area contributed by atoms with Crippen LogP contribution in [0.15, 0.2) is 9.98 Å². The Bertz CT molecular complexity index is 2260. The Kier molecular flexibility index (Phi) is 67.4. The van der Waals surface area contributed by atoms with Gasteiger partial charge < -0.3 is 27.4 Å². The van der Waals surface area contributed by atoms with E-state index in [1.54, 1.807) is 21.1 Å². The molecule has 1 aliphatic heterocycles. The van der Waals surface area contributed by atoms with E-state index >= 15 is 0 Å². The van der Waals surface area contributed by atoms with Gasteiger partial charge in [0.15, 0.2) is 6.29 Å². The minimum atomic E-state index is -3.67. The summed E-state index contributed by atoms with van der Waals surface area (Å²) in [7, 11) is -28.5. The van der Waals surface area contributed by atoms with Gasteiger partial charge in [0.1, 0.15) is 0 Å². The highest BCUT2D eigenvalue weighted by molar-refractivity contribution is 7.87. The number of nitrogens with one attached hydrogen (secondary N) is 4. The molecule has 0 aliphatic carbocycles. The van der Waals surface area contributed by atoms with E-state index in [2.05, 4.69) is 57.7 Å². The van der Waals surface area contributed by atoms with Crippen molar-refractivity contribution in [2.75, 3.05) is 108 Å². The second-order valence-electron chi connectivity index (χ2n) is 10.7. The van der Waals surface area contributed by atoms with Gasteiger partial charge in [0.25, 0.3) is 101 Å². The van der Waals surface area contributed by atoms with Crippen LogP contribution in [-0.2, 0) is 101 Å². The molecule has 464 valence electrons. The second-order valence-corrected chi connectivity index (χ2v) is 26.4. The van der Waals surface area contributed by atoms with Crippen molar-refractivity contribution in [2.45, 2.75) is 6.29 Å². The third-order valence-corrected chi connectivity index (χ3v) is 2.54. The van der Waals surface area contributed by atoms with E-state index in [-0.39, 0.29) is 22.2 Å². The van der Waals surface area contributed by atoms with Crippen LogP contribution in [0, 0.1) is 0 Å². The van der Waals surface area contributed by atoms with Crippen LogP contribution >= 0.6 is 34.8 Å². The number of rotatable bonds is 3. The monoisotopic (exact) mass is 1380 g/mol. The van der Waals surface area contributed by atoms with E-state index < -0.39 is 101 Å². The Hall–Kier alpha value is -2.40. The highest BCUT2D eigenvalue weighted by atomic mass is 35.5. The minimum Gasteiger partial charge on any atom is -0.357 e. The Morgan fingerprint density at radius 1 is 0.360 bits per heavy atom. The summed E-state index contributed by atoms with van der Waals surface area (Å²) in [4.78, 5) is 19.2. The van der Waals surface area contributed by atoms with E-state index in [1.807, 2.05) is 0 Å². The molecule has 0 aromatic carbocycles. The normalized spacial score (nSPS) is 11.9. The largest absolute Gasteiger partial charge is 0.357 e. The van der Waals surface area contributed by atoms with Gasteiger partial charge in [-0.3, -0.25) is 50.8 Å². The number of hydrogen-bond donors (Lipinski definition) is 16. The molecule has 0 saturated carbocycles. The Morgan fingerprint density at radius 3 is 0.600 bits per heavy atom. The van der Waals surface area contributed by atoms with Crippen LogP contribution in [-0.4, -0.2) is 259 Å². The zero-order valence-corrected chi connectivity index (χ0v) is 51.8. The number of anilines is 2. The van der Waals surface area contributed by atoms with Gasteiger partial charge in [0.2, 0.25) is 27.8 Å². The molecule has 0 saturated heterocycles. The van der Waals surface area contributed by atoms with Crippen LogP contribution < -0.4 is 32.7 Å². The summed E-state index contributed by atoms with van der Waals surface area (Å²) < 4.78 is 259. The van der Waals surface area contributed by atoms with Gasteiger partial charge in [0, 0.05) is 14.1 Å². The van der Waals surface area contributed by atoms with Crippen molar-refractivity contribution < 1.29 is 130 Å². The van der Waals surface area contributed by atoms with E-state index in [0.29, 0.717) is 74.5 Å². The highest BCUT2D eigenvalue weighted by Crippen LogP contribution is 2.07. The number of aliphatic imine (C=N–C) groups is 2. The van der Waals surface area contributed by atoms with Gasteiger partial charge in [-0.1, -0.05) is 0 Å². The third-order valence-electron chi connectivity index (χ3n) is 1.99. The van der Waals surface area contributed by atoms with Gasteiger partial charge >= 0.3 is 0 Å². The first-order valence-electron chi connectivity index (χ1n) is 16.1. The number of halogens is 3. The van der Waals surface area contributed by atoms with Crippen LogP contribution in [0.1, 0.15) is 0 Å². The second kappa shape index (κ2) is 49.9. The van der Waals surface area contributed by atoms with Gasteiger partial charge in [-0.05, 0) is 55.9 Å². The number of nitrogens with two attached hydrogens (primary N) is 2. The van der Waals surface area contributed by atoms with Crippen molar-refractivity contribution in [1.29, 1.82) is 0 Å². The van der Waals surface area contributed by atoms with Crippen LogP contribution in [0.2, 0.25) is 5.28 Å². The third kappa shape index (κ3) is 455. The van der Waals surface area contributed by atoms with E-state index in [9.17, 15) is 84.2 Å². The predicted octanol–water partition coefficient (Wildman–Crippen LogP) is -4.92. The molecule has 54 heteroatoms. The first-order valence-corrected chi connectivity index (χ1v) is 35.7. The first kappa shape index (κ1) is 101. The van der Waals surface area contributed by atoms with Crippen LogP contribution in [0.25, 0.3) is 0 Å². The lowest BCUT2D eigenvalue weighted by atomic mass is 10.8. The molecule has 2 rings (SSSR count). The molecule has 2 heterocycles. The van der Waals surface area contributed by atoms with Gasteiger partial charge in [-0.15, -0.1) is 0 Å². The van der Waals surface area contributed by atoms with Crippen molar-refractivity contribution in [3.63, 3.8) is 0 Å². The summed E-state index contributed by atoms with van der Waals surface area (Å²) in [6.45, 7) is 0. The average molecular weight is 1380 g/mol. The average Bonchev–Trinajstić information content (AvgIpc) is 3.02. The molecule has 0 amide bonds. The standard InChI is InChI=1S/C5H8ClN5.C4H6Cl2N4.2CH5N.10CH4O3S/c1-7-4-9-3(6)10-5(8-2)11-4;1-7-4-9-2(5)8-3(6)10-4;2*1-2;10*1-5(2,3)4/h1-2H3,(H2,7,8,9,10,11);4,7H,1H3,(H,8,9,10);2*2H2,1H3;10*1H3,(H,2,3,4). The lowest BCUT2D eigenvalue weighted by Gasteiger charge is -2.13. The van der Waals surface area contributed by atoms with Gasteiger partial charge in [-0.2, -0.15) is 99.1 Å². The Labute approximate surface area is 452 Å². The van der Waals surface area contributed by atoms with Crippen LogP contribution in [0.4, 0.5) is 11.9 Å². The molecule has 0 fully saturated rings. The van der Waals surface area contributed by atoms with Gasteiger partial charge in [-0.25, -0.2) is 9.98 Å². The number of nitrogens with zero attached hydrogens (tertiary/aromatic N) is 5. The molecular formula is C21H64Cl3N11O30S10. The van der Waals surface area contributed by atoms with E-state index in [0.717, 1.165) is 0 Å². The molecule has 1 aromatic heterocycles. The molecule has 41 nitrogen and oxygen atoms in total. The Balaban J connectivity index is -0.0000000582. The quantitative estimate of drug-likeness (QED) is 0.0996. The Morgan fingerprint density at radius 2 is 0.493 bits per heavy atom. The number of amidine groups is 2. The zero-order chi connectivity index (χ0) is 64.8. The molecule has 0 spiro atoms. The molecule has 18 N–H and O–H groups in total. The molecule has 0 unspecified atom stereocenters. The van der Waals surface area contributed by atoms with Gasteiger partial charge in [0.05, 0.1) is 62.6 Å². The fourth-order valence-electron chi connectivity index (χ4n) is 1.10. The summed E-state index contributed by atoms with van der Waals surface area (Å²) in [5.74, 6) is 0.906. The van der Waals surface area contributed by atoms with E-state index in [1.165, 1.54) is 14.1 Å². The molecule has 1 aliphatic rings. The van der Waals surface area contributed by atoms with Crippen LogP contribution in [0.5, 0.6) is 0 Å². The fraction of sp³-hybridized carbons (Fsp3) is 0.762. The van der Waals surface area contributed by atoms with Crippen molar-refractivity contribution in [1.82, 2.24) is 25.6 Å². The number of hydrogen-bond acceptors (Lipinski definition) is 31. The molecule has 0 atom stereocenters. The molecule has 0 radical (unpaired) electrons. The van der Waals surface area contributed by atoms with E-state index in [4.69, 9.17) is 80.3 Å². The van der Waals surface area contributed by atoms with Crippen LogP contribution in [0.3, 0.4) is 0 Å². The van der Waals surface area contributed by atoms with Crippen molar-refractivity contribution >= 4 is 158 Å². The predicted molar refractivity (Wildman–Crippen MR) is 281 cm³/mol. The summed E-state index contributed by atoms with van der Waals surface area (Å²) in [6.07, 6.45) is 6.79. The summed E-state index contributed by atoms with van der Waals surface area (Å²) >= 11 is 16.6. The minimum absolute atomic E-state index is 0.175. The zero-order valence-electron chi connectivity index (χ0n) is 41.3. The maximum absolute atomic E-state index is 9.19. The summed E-state index contributed by atoms with van der Waals surface area (Å²) in [6, 6.07) is 0. The maximum atomic E-state index is 9.19. The van der Waals surface area contributed by atoms with Crippen molar-refractivity contribution in [2.24, 2.45) is 21.5 Å². The molecule has 0 bridgehead atoms. The smallest absolute Gasteiger partial charge is 0.261 e. The lowest BCUT2D eigenvalue weighted by molar-refractivity contribution is 0.488. The first-order chi connectivity index (χ1) is 32.0. The summed E-state index contributed by atoms with van der Waals surface area (Å²) in [5, 5.41) is 11.5. The van der Waals surface area contributed by atoms with Crippen molar-refractivity contribution in [3.8, 4) is 0 Å². The van der Waals surface area contributed by atoms with Crippen molar-refractivity contribution in [3.05, 3.63) is 5.28 Å². The summed E-state index contributed by atoms with van der Waals surface area (Å²) in [5.41, 5.74) is 9.00. The lowest BCUT2D eigenvalue weighted by Crippen LogP contribution is -2.34. The fourth-order valence-corrected chi connectivity index (χ4v) is 1.67. The number of aromatic nitrogens is 3. The highest BCUT2D eigenvalue weighted by Gasteiger charge is 2.10.